The number of hydrogen-bond donors (Lipinski definition) is 2. The van der Waals surface area contributed by atoms with Crippen LogP contribution in [-0.2, 0) is 6.54 Å². The number of anilines is 1. The molecule has 2 aromatic rings. The topological polar surface area (TPSA) is 52.6 Å². The number of aromatic nitrogens is 1. The van der Waals surface area contributed by atoms with E-state index in [2.05, 4.69) is 20.6 Å². The zero-order chi connectivity index (χ0) is 18.5. The number of guanidine groups is 1. The molecule has 0 spiro atoms. The molecule has 1 aliphatic rings. The van der Waals surface area contributed by atoms with Gasteiger partial charge in [0.1, 0.15) is 0 Å². The van der Waals surface area contributed by atoms with E-state index in [1.54, 1.807) is 31.4 Å². The lowest BCUT2D eigenvalue weighted by Crippen LogP contribution is -2.44. The molecule has 1 fully saturated rings. The minimum absolute atomic E-state index is 0.156. The van der Waals surface area contributed by atoms with Gasteiger partial charge < -0.3 is 15.5 Å². The Hall–Kier alpha value is -2.05. The van der Waals surface area contributed by atoms with Gasteiger partial charge in [0.25, 0.3) is 0 Å². The van der Waals surface area contributed by atoms with Crippen molar-refractivity contribution in [2.75, 3.05) is 25.0 Å². The highest BCUT2D eigenvalue weighted by atomic mass is 35.5. The standard InChI is InChI=1S/C18H20Cl2FN5/c1-22-18(24-10-12-4-5-13(19)9-15(12)20)25-14-6-8-26(11-14)17-16(21)3-2-7-23-17/h2-5,7,9,14H,6,8,10-11H2,1H3,(H2,22,24,25). The van der Waals surface area contributed by atoms with Crippen LogP contribution in [0.4, 0.5) is 10.2 Å². The molecular weight excluding hydrogens is 376 g/mol. The van der Waals surface area contributed by atoms with Crippen LogP contribution in [0.15, 0.2) is 41.5 Å². The molecular formula is C18H20Cl2FN5. The van der Waals surface area contributed by atoms with E-state index in [1.165, 1.54) is 6.07 Å². The summed E-state index contributed by atoms with van der Waals surface area (Å²) in [6.07, 6.45) is 2.48. The maximum absolute atomic E-state index is 13.9. The first kappa shape index (κ1) is 18.7. The van der Waals surface area contributed by atoms with Crippen LogP contribution in [0.2, 0.25) is 10.0 Å². The third-order valence-electron chi connectivity index (χ3n) is 4.25. The molecule has 1 aromatic heterocycles. The molecule has 3 rings (SSSR count). The molecule has 0 amide bonds. The summed E-state index contributed by atoms with van der Waals surface area (Å²) >= 11 is 12.1. The van der Waals surface area contributed by atoms with Crippen molar-refractivity contribution in [3.05, 3.63) is 58.0 Å². The summed E-state index contributed by atoms with van der Waals surface area (Å²) in [5.41, 5.74) is 0.933. The van der Waals surface area contributed by atoms with E-state index >= 15 is 0 Å². The molecule has 2 heterocycles. The molecule has 1 aliphatic heterocycles. The molecule has 1 unspecified atom stereocenters. The van der Waals surface area contributed by atoms with Crippen LogP contribution in [0.5, 0.6) is 0 Å². The molecule has 138 valence electrons. The number of hydrogen-bond acceptors (Lipinski definition) is 3. The number of nitrogens with zero attached hydrogens (tertiary/aromatic N) is 3. The van der Waals surface area contributed by atoms with E-state index in [1.807, 2.05) is 11.0 Å². The van der Waals surface area contributed by atoms with Crippen LogP contribution in [0.1, 0.15) is 12.0 Å². The maximum Gasteiger partial charge on any atom is 0.191 e. The summed E-state index contributed by atoms with van der Waals surface area (Å²) in [7, 11) is 1.71. The van der Waals surface area contributed by atoms with Crippen molar-refractivity contribution in [3.63, 3.8) is 0 Å². The molecule has 8 heteroatoms. The van der Waals surface area contributed by atoms with Crippen molar-refractivity contribution < 1.29 is 4.39 Å². The van der Waals surface area contributed by atoms with Gasteiger partial charge in [0.05, 0.1) is 0 Å². The quantitative estimate of drug-likeness (QED) is 0.614. The predicted molar refractivity (Wildman–Crippen MR) is 105 cm³/mol. The maximum atomic E-state index is 13.9. The van der Waals surface area contributed by atoms with Gasteiger partial charge in [-0.15, -0.1) is 0 Å². The zero-order valence-electron chi connectivity index (χ0n) is 14.3. The molecule has 1 atom stereocenters. The Bertz CT molecular complexity index is 799. The van der Waals surface area contributed by atoms with Gasteiger partial charge in [-0.1, -0.05) is 29.3 Å². The van der Waals surface area contributed by atoms with E-state index < -0.39 is 0 Å². The van der Waals surface area contributed by atoms with Crippen molar-refractivity contribution >= 4 is 35.0 Å². The zero-order valence-corrected chi connectivity index (χ0v) is 15.9. The summed E-state index contributed by atoms with van der Waals surface area (Å²) in [4.78, 5) is 10.3. The molecule has 0 bridgehead atoms. The second kappa shape index (κ2) is 8.56. The van der Waals surface area contributed by atoms with Crippen LogP contribution in [0.3, 0.4) is 0 Å². The number of nitrogens with one attached hydrogen (secondary N) is 2. The van der Waals surface area contributed by atoms with Crippen LogP contribution in [0.25, 0.3) is 0 Å². The van der Waals surface area contributed by atoms with Gasteiger partial charge >= 0.3 is 0 Å². The third-order valence-corrected chi connectivity index (χ3v) is 4.84. The number of benzene rings is 1. The first-order valence-corrected chi connectivity index (χ1v) is 9.09. The third kappa shape index (κ3) is 4.56. The van der Waals surface area contributed by atoms with E-state index in [0.29, 0.717) is 34.9 Å². The molecule has 5 nitrogen and oxygen atoms in total. The number of halogens is 3. The van der Waals surface area contributed by atoms with Crippen LogP contribution < -0.4 is 15.5 Å². The van der Waals surface area contributed by atoms with Crippen LogP contribution in [-0.4, -0.2) is 37.1 Å². The largest absolute Gasteiger partial charge is 0.352 e. The van der Waals surface area contributed by atoms with Crippen LogP contribution >= 0.6 is 23.2 Å². The number of aliphatic imine (C=N–C) groups is 1. The molecule has 0 saturated carbocycles. The Kier molecular flexibility index (Phi) is 6.16. The minimum atomic E-state index is -0.298. The molecule has 0 aliphatic carbocycles. The highest BCUT2D eigenvalue weighted by Gasteiger charge is 2.25. The summed E-state index contributed by atoms with van der Waals surface area (Å²) < 4.78 is 13.9. The van der Waals surface area contributed by atoms with Gasteiger partial charge in [-0.3, -0.25) is 4.99 Å². The summed E-state index contributed by atoms with van der Waals surface area (Å²) in [6.45, 7) is 1.93. The SMILES string of the molecule is CN=C(NCc1ccc(Cl)cc1Cl)NC1CCN(c2ncccc2F)C1. The lowest BCUT2D eigenvalue weighted by Gasteiger charge is -2.20. The lowest BCUT2D eigenvalue weighted by atomic mass is 10.2. The fourth-order valence-electron chi connectivity index (χ4n) is 2.91. The Morgan fingerprint density at radius 3 is 2.96 bits per heavy atom. The Balaban J connectivity index is 1.55. The van der Waals surface area contributed by atoms with Gasteiger partial charge in [0.15, 0.2) is 17.6 Å². The van der Waals surface area contributed by atoms with Gasteiger partial charge in [-0.05, 0) is 36.2 Å². The lowest BCUT2D eigenvalue weighted by molar-refractivity contribution is 0.612. The molecule has 1 saturated heterocycles. The van der Waals surface area contributed by atoms with Crippen molar-refractivity contribution in [1.82, 2.24) is 15.6 Å². The summed E-state index contributed by atoms with van der Waals surface area (Å²) in [6, 6.07) is 8.58. The first-order valence-electron chi connectivity index (χ1n) is 8.33. The van der Waals surface area contributed by atoms with E-state index in [4.69, 9.17) is 23.2 Å². The van der Waals surface area contributed by atoms with E-state index in [9.17, 15) is 4.39 Å². The van der Waals surface area contributed by atoms with Gasteiger partial charge in [0, 0.05) is 49.0 Å². The second-order valence-corrected chi connectivity index (χ2v) is 6.89. The minimum Gasteiger partial charge on any atom is -0.352 e. The highest BCUT2D eigenvalue weighted by Crippen LogP contribution is 2.22. The number of rotatable bonds is 4. The predicted octanol–water partition coefficient (Wildman–Crippen LogP) is 3.47. The molecule has 1 aromatic carbocycles. The van der Waals surface area contributed by atoms with Crippen molar-refractivity contribution in [1.29, 1.82) is 0 Å². The first-order chi connectivity index (χ1) is 12.6. The Morgan fingerprint density at radius 2 is 2.23 bits per heavy atom. The van der Waals surface area contributed by atoms with E-state index in [-0.39, 0.29) is 11.9 Å². The van der Waals surface area contributed by atoms with E-state index in [0.717, 1.165) is 18.5 Å². The van der Waals surface area contributed by atoms with Crippen molar-refractivity contribution in [3.8, 4) is 0 Å². The average Bonchev–Trinajstić information content (AvgIpc) is 3.08. The molecule has 0 radical (unpaired) electrons. The fraction of sp³-hybridized carbons (Fsp3) is 0.333. The van der Waals surface area contributed by atoms with Gasteiger partial charge in [-0.2, -0.15) is 0 Å². The van der Waals surface area contributed by atoms with Crippen molar-refractivity contribution in [2.24, 2.45) is 4.99 Å². The smallest absolute Gasteiger partial charge is 0.191 e. The Morgan fingerprint density at radius 1 is 1.38 bits per heavy atom. The fourth-order valence-corrected chi connectivity index (χ4v) is 3.39. The summed E-state index contributed by atoms with van der Waals surface area (Å²) in [5, 5.41) is 7.82. The molecule has 2 N–H and O–H groups in total. The second-order valence-electron chi connectivity index (χ2n) is 6.05. The normalized spacial score (nSPS) is 17.5. The molecule has 26 heavy (non-hydrogen) atoms. The summed E-state index contributed by atoms with van der Waals surface area (Å²) in [5.74, 6) is 0.769. The van der Waals surface area contributed by atoms with Gasteiger partial charge in [0.2, 0.25) is 0 Å². The Labute approximate surface area is 162 Å². The monoisotopic (exact) mass is 395 g/mol. The van der Waals surface area contributed by atoms with Gasteiger partial charge in [-0.25, -0.2) is 9.37 Å². The van der Waals surface area contributed by atoms with Crippen LogP contribution in [0, 0.1) is 5.82 Å². The average molecular weight is 396 g/mol. The number of pyridine rings is 1. The highest BCUT2D eigenvalue weighted by molar-refractivity contribution is 6.35. The van der Waals surface area contributed by atoms with Crippen molar-refractivity contribution in [2.45, 2.75) is 19.0 Å².